The maximum atomic E-state index is 10.0. The Morgan fingerprint density at radius 2 is 1.26 bits per heavy atom. The fourth-order valence-corrected chi connectivity index (χ4v) is 2.04. The van der Waals surface area contributed by atoms with E-state index in [4.69, 9.17) is 0 Å². The fraction of sp³-hybridized carbons (Fsp3) is 0.158. The first-order valence-electron chi connectivity index (χ1n) is 7.31. The van der Waals surface area contributed by atoms with Crippen LogP contribution in [-0.2, 0) is 0 Å². The Labute approximate surface area is 135 Å². The molecule has 2 aromatic carbocycles. The monoisotopic (exact) mass is 312 g/mol. The smallest absolute Gasteiger partial charge is 0.157 e. The minimum atomic E-state index is -0.202. The summed E-state index contributed by atoms with van der Waals surface area (Å²) in [6.45, 7) is 4.02. The lowest BCUT2D eigenvalue weighted by Crippen LogP contribution is -1.83. The zero-order chi connectivity index (χ0) is 17.0. The van der Waals surface area contributed by atoms with E-state index < -0.39 is 0 Å². The minimum Gasteiger partial charge on any atom is -0.507 e. The summed E-state index contributed by atoms with van der Waals surface area (Å²) in [7, 11) is 0. The van der Waals surface area contributed by atoms with Crippen LogP contribution in [0.15, 0.2) is 36.4 Å². The van der Waals surface area contributed by atoms with Gasteiger partial charge >= 0.3 is 0 Å². The Bertz CT molecular complexity index is 735. The van der Waals surface area contributed by atoms with Crippen LogP contribution in [-0.4, -0.2) is 20.4 Å². The quantitative estimate of drug-likeness (QED) is 0.500. The number of allylic oxidation sites excluding steroid dienone is 1. The predicted molar refractivity (Wildman–Crippen MR) is 92.3 cm³/mol. The fourth-order valence-electron chi connectivity index (χ4n) is 2.04. The average Bonchev–Trinajstić information content (AvgIpc) is 2.47. The van der Waals surface area contributed by atoms with Gasteiger partial charge in [-0.2, -0.15) is 0 Å². The largest absolute Gasteiger partial charge is 0.507 e. The molecule has 0 aliphatic rings. The molecule has 0 aliphatic heterocycles. The standard InChI is InChI=1S/C19H20O4/c1-12(2)3-7-15-17(21)10-14(11-18(15)22)5-4-13-6-8-16(20)19(23)9-13/h3-12,20-23H,1-2H3. The number of phenols is 4. The van der Waals surface area contributed by atoms with E-state index in [2.05, 4.69) is 0 Å². The molecule has 4 N–H and O–H groups in total. The van der Waals surface area contributed by atoms with Gasteiger partial charge in [-0.3, -0.25) is 0 Å². The van der Waals surface area contributed by atoms with Crippen molar-refractivity contribution in [1.82, 2.24) is 0 Å². The van der Waals surface area contributed by atoms with Crippen LogP contribution in [0.2, 0.25) is 0 Å². The molecule has 0 aliphatic carbocycles. The summed E-state index contributed by atoms with van der Waals surface area (Å²) in [6, 6.07) is 7.56. The molecule has 0 amide bonds. The summed E-state index contributed by atoms with van der Waals surface area (Å²) < 4.78 is 0. The predicted octanol–water partition coefficient (Wildman–Crippen LogP) is 4.35. The Balaban J connectivity index is 2.27. The molecule has 0 spiro atoms. The molecule has 0 fully saturated rings. The number of aromatic hydroxyl groups is 4. The van der Waals surface area contributed by atoms with Crippen LogP contribution in [0.25, 0.3) is 18.2 Å². The molecule has 0 saturated heterocycles. The molecule has 0 unspecified atom stereocenters. The van der Waals surface area contributed by atoms with Gasteiger partial charge in [-0.05, 0) is 41.3 Å². The molecule has 23 heavy (non-hydrogen) atoms. The van der Waals surface area contributed by atoms with Crippen molar-refractivity contribution in [2.75, 3.05) is 0 Å². The van der Waals surface area contributed by atoms with E-state index >= 15 is 0 Å². The molecular weight excluding hydrogens is 292 g/mol. The number of phenolic OH excluding ortho intramolecular Hbond substituents is 4. The molecule has 0 bridgehead atoms. The Hall–Kier alpha value is -2.88. The van der Waals surface area contributed by atoms with Crippen LogP contribution >= 0.6 is 0 Å². The number of benzene rings is 2. The molecule has 2 rings (SSSR count). The first-order chi connectivity index (χ1) is 10.9. The lowest BCUT2D eigenvalue weighted by atomic mass is 10.0. The highest BCUT2D eigenvalue weighted by Gasteiger charge is 2.06. The second-order valence-electron chi connectivity index (χ2n) is 5.66. The Kier molecular flexibility index (Phi) is 4.96. The zero-order valence-corrected chi connectivity index (χ0v) is 13.1. The van der Waals surface area contributed by atoms with Crippen LogP contribution in [0.4, 0.5) is 0 Å². The van der Waals surface area contributed by atoms with Crippen molar-refractivity contribution in [3.05, 3.63) is 53.1 Å². The SMILES string of the molecule is CC(C)C=Cc1c(O)cc(C=Cc2ccc(O)c(O)c2)cc1O. The molecule has 120 valence electrons. The van der Waals surface area contributed by atoms with Crippen molar-refractivity contribution < 1.29 is 20.4 Å². The maximum absolute atomic E-state index is 10.0. The molecular formula is C19H20O4. The van der Waals surface area contributed by atoms with Crippen LogP contribution in [0.3, 0.4) is 0 Å². The van der Waals surface area contributed by atoms with E-state index in [1.165, 1.54) is 12.1 Å². The Morgan fingerprint density at radius 1 is 0.696 bits per heavy atom. The summed E-state index contributed by atoms with van der Waals surface area (Å²) in [4.78, 5) is 0. The number of hydrogen-bond donors (Lipinski definition) is 4. The van der Waals surface area contributed by atoms with Crippen LogP contribution in [0, 0.1) is 5.92 Å². The van der Waals surface area contributed by atoms with Crippen LogP contribution in [0.1, 0.15) is 30.5 Å². The Morgan fingerprint density at radius 3 is 1.83 bits per heavy atom. The van der Waals surface area contributed by atoms with Crippen molar-refractivity contribution in [1.29, 1.82) is 0 Å². The summed E-state index contributed by atoms with van der Waals surface area (Å²) >= 11 is 0. The summed E-state index contributed by atoms with van der Waals surface area (Å²) in [5, 5.41) is 38.8. The third kappa shape index (κ3) is 4.30. The first-order valence-corrected chi connectivity index (χ1v) is 7.31. The third-order valence-electron chi connectivity index (χ3n) is 3.27. The van der Waals surface area contributed by atoms with Gasteiger partial charge in [0.15, 0.2) is 11.5 Å². The van der Waals surface area contributed by atoms with Crippen molar-refractivity contribution in [3.63, 3.8) is 0 Å². The van der Waals surface area contributed by atoms with Crippen molar-refractivity contribution in [3.8, 4) is 23.0 Å². The summed E-state index contributed by atoms with van der Waals surface area (Å²) in [5.74, 6) is -0.0773. The van der Waals surface area contributed by atoms with Gasteiger partial charge < -0.3 is 20.4 Å². The molecule has 0 atom stereocenters. The lowest BCUT2D eigenvalue weighted by Gasteiger charge is -2.06. The van der Waals surface area contributed by atoms with Crippen LogP contribution in [0.5, 0.6) is 23.0 Å². The highest BCUT2D eigenvalue weighted by molar-refractivity contribution is 5.75. The molecule has 0 aromatic heterocycles. The average molecular weight is 312 g/mol. The second-order valence-corrected chi connectivity index (χ2v) is 5.66. The minimum absolute atomic E-state index is 0.00453. The van der Waals surface area contributed by atoms with E-state index in [1.807, 2.05) is 19.9 Å². The highest BCUT2D eigenvalue weighted by Crippen LogP contribution is 2.31. The highest BCUT2D eigenvalue weighted by atomic mass is 16.3. The van der Waals surface area contributed by atoms with Gasteiger partial charge in [-0.25, -0.2) is 0 Å². The van der Waals surface area contributed by atoms with Gasteiger partial charge in [-0.15, -0.1) is 0 Å². The van der Waals surface area contributed by atoms with Gasteiger partial charge in [-0.1, -0.05) is 44.2 Å². The van der Waals surface area contributed by atoms with Gasteiger partial charge in [0.2, 0.25) is 0 Å². The van der Waals surface area contributed by atoms with Gasteiger partial charge in [0, 0.05) is 0 Å². The van der Waals surface area contributed by atoms with E-state index in [-0.39, 0.29) is 23.0 Å². The van der Waals surface area contributed by atoms with E-state index in [0.29, 0.717) is 22.6 Å². The summed E-state index contributed by atoms with van der Waals surface area (Å²) in [5.41, 5.74) is 1.69. The number of hydrogen-bond acceptors (Lipinski definition) is 4. The third-order valence-corrected chi connectivity index (χ3v) is 3.27. The molecule has 4 heteroatoms. The van der Waals surface area contributed by atoms with E-state index in [9.17, 15) is 20.4 Å². The molecule has 0 radical (unpaired) electrons. The van der Waals surface area contributed by atoms with Crippen LogP contribution < -0.4 is 0 Å². The van der Waals surface area contributed by atoms with Gasteiger partial charge in [0.25, 0.3) is 0 Å². The van der Waals surface area contributed by atoms with Crippen molar-refractivity contribution >= 4 is 18.2 Å². The molecule has 0 saturated carbocycles. The van der Waals surface area contributed by atoms with Crippen molar-refractivity contribution in [2.45, 2.75) is 13.8 Å². The lowest BCUT2D eigenvalue weighted by molar-refractivity contribution is 0.403. The molecule has 0 heterocycles. The summed E-state index contributed by atoms with van der Waals surface area (Å²) in [6.07, 6.45) is 6.99. The van der Waals surface area contributed by atoms with Crippen molar-refractivity contribution in [2.24, 2.45) is 5.92 Å². The second kappa shape index (κ2) is 6.92. The van der Waals surface area contributed by atoms with E-state index in [1.54, 1.807) is 36.4 Å². The topological polar surface area (TPSA) is 80.9 Å². The van der Waals surface area contributed by atoms with Gasteiger partial charge in [0.1, 0.15) is 11.5 Å². The van der Waals surface area contributed by atoms with Gasteiger partial charge in [0.05, 0.1) is 5.56 Å². The molecule has 2 aromatic rings. The first kappa shape index (κ1) is 16.5. The number of rotatable bonds is 4. The normalized spacial score (nSPS) is 11.8. The molecule has 4 nitrogen and oxygen atoms in total. The zero-order valence-electron chi connectivity index (χ0n) is 13.1. The maximum Gasteiger partial charge on any atom is 0.157 e. The van der Waals surface area contributed by atoms with E-state index in [0.717, 1.165) is 0 Å².